The molecule has 0 fully saturated rings. The van der Waals surface area contributed by atoms with Crippen molar-refractivity contribution in [2.24, 2.45) is 0 Å². The quantitative estimate of drug-likeness (QED) is 0.516. The Morgan fingerprint density at radius 2 is 2.08 bits per heavy atom. The molecule has 0 saturated heterocycles. The molecule has 0 N–H and O–H groups in total. The molecule has 0 aliphatic carbocycles. The van der Waals surface area contributed by atoms with Crippen LogP contribution in [0.3, 0.4) is 0 Å². The molecule has 0 aliphatic heterocycles. The number of carbonyl (C=O) groups is 1. The summed E-state index contributed by atoms with van der Waals surface area (Å²) in [6.45, 7) is 4.91. The van der Waals surface area contributed by atoms with E-state index in [0.717, 1.165) is 0 Å². The van der Waals surface area contributed by atoms with E-state index in [2.05, 4.69) is 11.3 Å². The standard InChI is InChI=1S/C10H9FO2/c1-7(2)13-10(12)8-5-3-4-6-9(8)11/h3-6H,1H2,2H3. The molecule has 0 radical (unpaired) electrons. The zero-order valence-electron chi connectivity index (χ0n) is 7.21. The molecule has 13 heavy (non-hydrogen) atoms. The third-order valence-electron chi connectivity index (χ3n) is 1.36. The highest BCUT2D eigenvalue weighted by Crippen LogP contribution is 2.09. The first-order valence-electron chi connectivity index (χ1n) is 3.73. The van der Waals surface area contributed by atoms with E-state index in [9.17, 15) is 9.18 Å². The van der Waals surface area contributed by atoms with Crippen molar-refractivity contribution in [3.8, 4) is 0 Å². The number of hydrogen-bond donors (Lipinski definition) is 0. The molecule has 68 valence electrons. The smallest absolute Gasteiger partial charge is 0.346 e. The molecule has 0 spiro atoms. The van der Waals surface area contributed by atoms with Crippen LogP contribution in [0.4, 0.5) is 4.39 Å². The summed E-state index contributed by atoms with van der Waals surface area (Å²) < 4.78 is 17.6. The van der Waals surface area contributed by atoms with Gasteiger partial charge in [0.1, 0.15) is 5.82 Å². The van der Waals surface area contributed by atoms with Gasteiger partial charge >= 0.3 is 5.97 Å². The Balaban J connectivity index is 2.89. The van der Waals surface area contributed by atoms with Gasteiger partial charge in [-0.15, -0.1) is 0 Å². The summed E-state index contributed by atoms with van der Waals surface area (Å²) in [5.41, 5.74) is -0.0782. The molecule has 0 saturated carbocycles. The molecule has 1 aromatic carbocycles. The van der Waals surface area contributed by atoms with Crippen LogP contribution in [-0.2, 0) is 4.74 Å². The van der Waals surface area contributed by atoms with Gasteiger partial charge < -0.3 is 4.74 Å². The summed E-state index contributed by atoms with van der Waals surface area (Å²) in [7, 11) is 0. The second kappa shape index (κ2) is 3.85. The van der Waals surface area contributed by atoms with E-state index in [4.69, 9.17) is 0 Å². The van der Waals surface area contributed by atoms with Gasteiger partial charge in [0.05, 0.1) is 11.3 Å². The minimum atomic E-state index is -0.717. The first-order valence-corrected chi connectivity index (χ1v) is 3.73. The fourth-order valence-corrected chi connectivity index (χ4v) is 0.840. The predicted molar refractivity (Wildman–Crippen MR) is 46.6 cm³/mol. The summed E-state index contributed by atoms with van der Waals surface area (Å²) in [6, 6.07) is 5.64. The second-order valence-electron chi connectivity index (χ2n) is 2.57. The number of esters is 1. The normalized spacial score (nSPS) is 9.38. The molecular formula is C10H9FO2. The Morgan fingerprint density at radius 1 is 1.46 bits per heavy atom. The second-order valence-corrected chi connectivity index (χ2v) is 2.57. The lowest BCUT2D eigenvalue weighted by Crippen LogP contribution is -2.05. The van der Waals surface area contributed by atoms with Gasteiger partial charge in [-0.1, -0.05) is 18.7 Å². The molecule has 3 heteroatoms. The van der Waals surface area contributed by atoms with Gasteiger partial charge in [-0.3, -0.25) is 0 Å². The molecule has 0 atom stereocenters. The summed E-state index contributed by atoms with van der Waals surface area (Å²) in [6.07, 6.45) is 0. The van der Waals surface area contributed by atoms with Gasteiger partial charge in [-0.2, -0.15) is 0 Å². The fraction of sp³-hybridized carbons (Fsp3) is 0.100. The van der Waals surface area contributed by atoms with Crippen molar-refractivity contribution in [2.75, 3.05) is 0 Å². The lowest BCUT2D eigenvalue weighted by Gasteiger charge is -2.02. The number of halogens is 1. The molecule has 1 rings (SSSR count). The molecule has 0 aliphatic rings. The van der Waals surface area contributed by atoms with Crippen molar-refractivity contribution in [1.29, 1.82) is 0 Å². The molecular weight excluding hydrogens is 171 g/mol. The molecule has 0 aromatic heterocycles. The van der Waals surface area contributed by atoms with E-state index < -0.39 is 11.8 Å². The van der Waals surface area contributed by atoms with Crippen molar-refractivity contribution in [3.05, 3.63) is 48.0 Å². The zero-order chi connectivity index (χ0) is 9.84. The number of rotatable bonds is 2. The highest BCUT2D eigenvalue weighted by atomic mass is 19.1. The van der Waals surface area contributed by atoms with Crippen LogP contribution in [0.15, 0.2) is 36.6 Å². The maximum Gasteiger partial charge on any atom is 0.346 e. The summed E-state index contributed by atoms with van der Waals surface area (Å²) in [4.78, 5) is 11.2. The average molecular weight is 180 g/mol. The van der Waals surface area contributed by atoms with Crippen LogP contribution in [0.25, 0.3) is 0 Å². The van der Waals surface area contributed by atoms with E-state index >= 15 is 0 Å². The van der Waals surface area contributed by atoms with Crippen LogP contribution in [0, 0.1) is 5.82 Å². The van der Waals surface area contributed by atoms with Crippen LogP contribution < -0.4 is 0 Å². The number of allylic oxidation sites excluding steroid dienone is 1. The maximum atomic E-state index is 13.0. The molecule has 0 heterocycles. The zero-order valence-corrected chi connectivity index (χ0v) is 7.21. The molecule has 1 aromatic rings. The third-order valence-corrected chi connectivity index (χ3v) is 1.36. The third kappa shape index (κ3) is 2.40. The van der Waals surface area contributed by atoms with Crippen LogP contribution in [0.2, 0.25) is 0 Å². The Bertz CT molecular complexity index is 345. The Hall–Kier alpha value is -1.64. The lowest BCUT2D eigenvalue weighted by molar-refractivity contribution is 0.0622. The number of carbonyl (C=O) groups excluding carboxylic acids is 1. The number of hydrogen-bond acceptors (Lipinski definition) is 2. The Kier molecular flexibility index (Phi) is 2.80. The minimum Gasteiger partial charge on any atom is -0.428 e. The van der Waals surface area contributed by atoms with Crippen molar-refractivity contribution >= 4 is 5.97 Å². The van der Waals surface area contributed by atoms with Crippen molar-refractivity contribution in [3.63, 3.8) is 0 Å². The minimum absolute atomic E-state index is 0.0782. The number of benzene rings is 1. The summed E-state index contributed by atoms with van der Waals surface area (Å²) in [5.74, 6) is -1.06. The van der Waals surface area contributed by atoms with Crippen molar-refractivity contribution in [2.45, 2.75) is 6.92 Å². The first-order chi connectivity index (χ1) is 6.11. The van der Waals surface area contributed by atoms with Gasteiger partial charge in [0, 0.05) is 0 Å². The topological polar surface area (TPSA) is 26.3 Å². The monoisotopic (exact) mass is 180 g/mol. The summed E-state index contributed by atoms with van der Waals surface area (Å²) in [5, 5.41) is 0. The van der Waals surface area contributed by atoms with Gasteiger partial charge in [0.2, 0.25) is 0 Å². The predicted octanol–water partition coefficient (Wildman–Crippen LogP) is 2.52. The number of ether oxygens (including phenoxy) is 1. The van der Waals surface area contributed by atoms with Gasteiger partial charge in [-0.25, -0.2) is 9.18 Å². The van der Waals surface area contributed by atoms with Gasteiger partial charge in [0.15, 0.2) is 0 Å². The van der Waals surface area contributed by atoms with Crippen LogP contribution in [0.5, 0.6) is 0 Å². The van der Waals surface area contributed by atoms with Gasteiger partial charge in [-0.05, 0) is 19.1 Å². The van der Waals surface area contributed by atoms with E-state index in [1.165, 1.54) is 25.1 Å². The Morgan fingerprint density at radius 3 is 2.62 bits per heavy atom. The Labute approximate surface area is 75.6 Å². The van der Waals surface area contributed by atoms with Crippen LogP contribution in [-0.4, -0.2) is 5.97 Å². The molecule has 0 amide bonds. The largest absolute Gasteiger partial charge is 0.428 e. The van der Waals surface area contributed by atoms with E-state index in [-0.39, 0.29) is 11.3 Å². The summed E-state index contributed by atoms with van der Waals surface area (Å²) >= 11 is 0. The first kappa shape index (κ1) is 9.45. The highest BCUT2D eigenvalue weighted by molar-refractivity contribution is 5.90. The van der Waals surface area contributed by atoms with Crippen molar-refractivity contribution < 1.29 is 13.9 Å². The molecule has 2 nitrogen and oxygen atoms in total. The van der Waals surface area contributed by atoms with Crippen LogP contribution >= 0.6 is 0 Å². The van der Waals surface area contributed by atoms with Crippen molar-refractivity contribution in [1.82, 2.24) is 0 Å². The SMILES string of the molecule is C=C(C)OC(=O)c1ccccc1F. The lowest BCUT2D eigenvalue weighted by atomic mass is 10.2. The van der Waals surface area contributed by atoms with E-state index in [0.29, 0.717) is 0 Å². The maximum absolute atomic E-state index is 13.0. The van der Waals surface area contributed by atoms with Gasteiger partial charge in [0.25, 0.3) is 0 Å². The highest BCUT2D eigenvalue weighted by Gasteiger charge is 2.11. The molecule has 0 unspecified atom stereocenters. The molecule has 0 bridgehead atoms. The van der Waals surface area contributed by atoms with Crippen LogP contribution in [0.1, 0.15) is 17.3 Å². The van der Waals surface area contributed by atoms with E-state index in [1.54, 1.807) is 6.07 Å². The average Bonchev–Trinajstić information content (AvgIpc) is 2.03. The van der Waals surface area contributed by atoms with E-state index in [1.807, 2.05) is 0 Å². The fourth-order valence-electron chi connectivity index (χ4n) is 0.840.